The predicted octanol–water partition coefficient (Wildman–Crippen LogP) is 3.15. The van der Waals surface area contributed by atoms with E-state index in [-0.39, 0.29) is 5.91 Å². The number of aliphatic hydroxyl groups excluding tert-OH is 1. The van der Waals surface area contributed by atoms with Crippen LogP contribution in [0.3, 0.4) is 0 Å². The lowest BCUT2D eigenvalue weighted by atomic mass is 9.96. The minimum atomic E-state index is -0.581. The maximum atomic E-state index is 12.1. The van der Waals surface area contributed by atoms with Crippen molar-refractivity contribution in [2.24, 2.45) is 5.92 Å². The van der Waals surface area contributed by atoms with Gasteiger partial charge in [0, 0.05) is 13.0 Å². The zero-order valence-electron chi connectivity index (χ0n) is 12.3. The number of amides is 1. The Balaban J connectivity index is 1.93. The third-order valence-electron chi connectivity index (χ3n) is 4.20. The van der Waals surface area contributed by atoms with Crippen LogP contribution >= 0.6 is 0 Å². The Hall–Kier alpha value is -1.35. The molecule has 0 radical (unpaired) electrons. The molecule has 1 saturated heterocycles. The number of benzene rings is 1. The van der Waals surface area contributed by atoms with Gasteiger partial charge in [-0.05, 0) is 24.3 Å². The number of aliphatic hydroxyl groups is 1. The van der Waals surface area contributed by atoms with Crippen LogP contribution < -0.4 is 0 Å². The first-order valence-electron chi connectivity index (χ1n) is 7.71. The molecule has 0 bridgehead atoms. The fraction of sp³-hybridized carbons (Fsp3) is 0.588. The van der Waals surface area contributed by atoms with Gasteiger partial charge in [0.1, 0.15) is 0 Å². The number of nitrogens with zero attached hydrogens (tertiary/aromatic N) is 1. The van der Waals surface area contributed by atoms with Crippen molar-refractivity contribution in [3.63, 3.8) is 0 Å². The molecule has 1 aromatic rings. The van der Waals surface area contributed by atoms with Gasteiger partial charge >= 0.3 is 0 Å². The van der Waals surface area contributed by atoms with Gasteiger partial charge in [0.25, 0.3) is 0 Å². The SMILES string of the molecule is CCCC1CCC(=O)N(CC(O)c2ccccc2)CC1. The average molecular weight is 275 g/mol. The summed E-state index contributed by atoms with van der Waals surface area (Å²) in [6.45, 7) is 3.40. The van der Waals surface area contributed by atoms with Crippen LogP contribution in [0, 0.1) is 5.92 Å². The first-order chi connectivity index (χ1) is 9.70. The molecule has 0 aliphatic carbocycles. The van der Waals surface area contributed by atoms with Gasteiger partial charge < -0.3 is 10.0 Å². The van der Waals surface area contributed by atoms with E-state index >= 15 is 0 Å². The predicted molar refractivity (Wildman–Crippen MR) is 80.2 cm³/mol. The molecular weight excluding hydrogens is 250 g/mol. The summed E-state index contributed by atoms with van der Waals surface area (Å²) < 4.78 is 0. The van der Waals surface area contributed by atoms with Crippen LogP contribution in [0.15, 0.2) is 30.3 Å². The van der Waals surface area contributed by atoms with Crippen LogP contribution in [0.25, 0.3) is 0 Å². The van der Waals surface area contributed by atoms with Crippen molar-refractivity contribution in [1.82, 2.24) is 4.90 Å². The Morgan fingerprint density at radius 2 is 2.05 bits per heavy atom. The lowest BCUT2D eigenvalue weighted by Gasteiger charge is -2.24. The van der Waals surface area contributed by atoms with E-state index in [1.54, 1.807) is 0 Å². The maximum Gasteiger partial charge on any atom is 0.222 e. The molecule has 3 heteroatoms. The Morgan fingerprint density at radius 1 is 1.30 bits per heavy atom. The van der Waals surface area contributed by atoms with Gasteiger partial charge in [-0.2, -0.15) is 0 Å². The highest BCUT2D eigenvalue weighted by molar-refractivity contribution is 5.76. The van der Waals surface area contributed by atoms with E-state index in [4.69, 9.17) is 0 Å². The summed E-state index contributed by atoms with van der Waals surface area (Å²) in [6, 6.07) is 9.59. The van der Waals surface area contributed by atoms with Crippen molar-refractivity contribution >= 4 is 5.91 Å². The van der Waals surface area contributed by atoms with Crippen LogP contribution in [0.5, 0.6) is 0 Å². The summed E-state index contributed by atoms with van der Waals surface area (Å²) in [4.78, 5) is 14.0. The first-order valence-corrected chi connectivity index (χ1v) is 7.71. The van der Waals surface area contributed by atoms with E-state index in [2.05, 4.69) is 6.92 Å². The normalized spacial score (nSPS) is 21.6. The number of carbonyl (C=O) groups excluding carboxylic acids is 1. The topological polar surface area (TPSA) is 40.5 Å². The van der Waals surface area contributed by atoms with Gasteiger partial charge in [-0.1, -0.05) is 50.1 Å². The number of β-amino-alcohol motifs (C(OH)–C–C–N with tert-alkyl or cyclic N) is 1. The highest BCUT2D eigenvalue weighted by atomic mass is 16.3. The van der Waals surface area contributed by atoms with Gasteiger partial charge in [-0.25, -0.2) is 0 Å². The fourth-order valence-electron chi connectivity index (χ4n) is 2.97. The third-order valence-corrected chi connectivity index (χ3v) is 4.20. The largest absolute Gasteiger partial charge is 0.387 e. The number of hydrogen-bond donors (Lipinski definition) is 1. The summed E-state index contributed by atoms with van der Waals surface area (Å²) in [6.07, 6.45) is 4.52. The van der Waals surface area contributed by atoms with Crippen LogP contribution in [0.1, 0.15) is 50.7 Å². The Kier molecular flexibility index (Phi) is 5.60. The van der Waals surface area contributed by atoms with Gasteiger partial charge in [0.05, 0.1) is 12.6 Å². The fourth-order valence-corrected chi connectivity index (χ4v) is 2.97. The van der Waals surface area contributed by atoms with E-state index in [1.165, 1.54) is 12.8 Å². The zero-order chi connectivity index (χ0) is 14.4. The highest BCUT2D eigenvalue weighted by Gasteiger charge is 2.24. The zero-order valence-corrected chi connectivity index (χ0v) is 12.3. The molecular formula is C17H25NO2. The second kappa shape index (κ2) is 7.44. The molecule has 2 unspecified atom stereocenters. The van der Waals surface area contributed by atoms with Crippen molar-refractivity contribution in [1.29, 1.82) is 0 Å². The molecule has 1 amide bonds. The molecule has 3 nitrogen and oxygen atoms in total. The summed E-state index contributed by atoms with van der Waals surface area (Å²) >= 11 is 0. The van der Waals surface area contributed by atoms with Crippen molar-refractivity contribution in [2.75, 3.05) is 13.1 Å². The number of likely N-dealkylation sites (tertiary alicyclic amines) is 1. The van der Waals surface area contributed by atoms with Gasteiger partial charge in [0.15, 0.2) is 0 Å². The Bertz CT molecular complexity index is 418. The van der Waals surface area contributed by atoms with E-state index in [9.17, 15) is 9.90 Å². The van der Waals surface area contributed by atoms with E-state index in [0.29, 0.717) is 18.9 Å². The first kappa shape index (κ1) is 15.0. The molecule has 1 aliphatic heterocycles. The minimum Gasteiger partial charge on any atom is -0.387 e. The minimum absolute atomic E-state index is 0.193. The molecule has 2 atom stereocenters. The molecule has 0 spiro atoms. The molecule has 1 N–H and O–H groups in total. The molecule has 1 aromatic carbocycles. The van der Waals surface area contributed by atoms with Crippen molar-refractivity contribution in [2.45, 2.75) is 45.1 Å². The van der Waals surface area contributed by atoms with E-state index in [0.717, 1.165) is 24.9 Å². The smallest absolute Gasteiger partial charge is 0.222 e. The van der Waals surface area contributed by atoms with E-state index < -0.39 is 6.10 Å². The maximum absolute atomic E-state index is 12.1. The highest BCUT2D eigenvalue weighted by Crippen LogP contribution is 2.24. The van der Waals surface area contributed by atoms with Gasteiger partial charge in [-0.3, -0.25) is 4.79 Å². The molecule has 0 saturated carbocycles. The molecule has 1 aliphatic rings. The summed E-state index contributed by atoms with van der Waals surface area (Å²) in [7, 11) is 0. The van der Waals surface area contributed by atoms with E-state index in [1.807, 2.05) is 35.2 Å². The number of hydrogen-bond acceptors (Lipinski definition) is 2. The second-order valence-electron chi connectivity index (χ2n) is 5.75. The van der Waals surface area contributed by atoms with Gasteiger partial charge in [0.2, 0.25) is 5.91 Å². The lowest BCUT2D eigenvalue weighted by molar-refractivity contribution is -0.132. The molecule has 110 valence electrons. The van der Waals surface area contributed by atoms with Crippen molar-refractivity contribution in [3.05, 3.63) is 35.9 Å². The monoisotopic (exact) mass is 275 g/mol. The van der Waals surface area contributed by atoms with Crippen LogP contribution in [0.2, 0.25) is 0 Å². The molecule has 0 aromatic heterocycles. The number of carbonyl (C=O) groups is 1. The molecule has 1 fully saturated rings. The second-order valence-corrected chi connectivity index (χ2v) is 5.75. The summed E-state index contributed by atoms with van der Waals surface area (Å²) in [5.74, 6) is 0.862. The quantitative estimate of drug-likeness (QED) is 0.896. The molecule has 20 heavy (non-hydrogen) atoms. The number of rotatable bonds is 5. The van der Waals surface area contributed by atoms with Crippen LogP contribution in [0.4, 0.5) is 0 Å². The molecule has 2 rings (SSSR count). The lowest BCUT2D eigenvalue weighted by Crippen LogP contribution is -2.34. The van der Waals surface area contributed by atoms with Crippen LogP contribution in [-0.2, 0) is 4.79 Å². The van der Waals surface area contributed by atoms with Crippen molar-refractivity contribution in [3.8, 4) is 0 Å². The Morgan fingerprint density at radius 3 is 2.75 bits per heavy atom. The van der Waals surface area contributed by atoms with Crippen LogP contribution in [-0.4, -0.2) is 29.0 Å². The summed E-state index contributed by atoms with van der Waals surface area (Å²) in [5, 5.41) is 10.3. The summed E-state index contributed by atoms with van der Waals surface area (Å²) in [5.41, 5.74) is 0.884. The standard InChI is InChI=1S/C17H25NO2/c1-2-6-14-9-10-17(20)18(12-11-14)13-16(19)15-7-4-3-5-8-15/h3-5,7-8,14,16,19H,2,6,9-13H2,1H3. The van der Waals surface area contributed by atoms with Crippen molar-refractivity contribution < 1.29 is 9.90 Å². The Labute approximate surface area is 121 Å². The average Bonchev–Trinajstić information content (AvgIpc) is 2.64. The third kappa shape index (κ3) is 4.07. The molecule has 1 heterocycles. The van der Waals surface area contributed by atoms with Gasteiger partial charge in [-0.15, -0.1) is 0 Å².